The zero-order valence-electron chi connectivity index (χ0n) is 15.8. The molecule has 3 heterocycles. The van der Waals surface area contributed by atoms with Gasteiger partial charge in [-0.25, -0.2) is 14.4 Å². The molecule has 0 saturated heterocycles. The van der Waals surface area contributed by atoms with Gasteiger partial charge in [0.25, 0.3) is 0 Å². The second-order valence-electron chi connectivity index (χ2n) is 6.97. The summed E-state index contributed by atoms with van der Waals surface area (Å²) in [6.45, 7) is 1.99. The SMILES string of the molecule is Cc1ccnc2c(Cl)cc(-c3nc4ccc(=O)[nH]c4nc3-c3ccc(F)cc3)cc12. The van der Waals surface area contributed by atoms with E-state index in [0.29, 0.717) is 38.7 Å². The largest absolute Gasteiger partial charge is 0.305 e. The fraction of sp³-hybridized carbons (Fsp3) is 0.0435. The first-order valence-corrected chi connectivity index (χ1v) is 9.60. The van der Waals surface area contributed by atoms with Crippen LogP contribution in [0.15, 0.2) is 65.6 Å². The molecule has 2 aromatic carbocycles. The first-order chi connectivity index (χ1) is 14.5. The Balaban J connectivity index is 1.85. The monoisotopic (exact) mass is 416 g/mol. The van der Waals surface area contributed by atoms with Crippen LogP contribution < -0.4 is 5.56 Å². The number of aromatic amines is 1. The number of nitrogens with one attached hydrogen (secondary N) is 1. The number of pyridine rings is 2. The molecule has 0 aliphatic carbocycles. The highest BCUT2D eigenvalue weighted by atomic mass is 35.5. The smallest absolute Gasteiger partial charge is 0.249 e. The van der Waals surface area contributed by atoms with Gasteiger partial charge in [0.1, 0.15) is 11.3 Å². The standard InChI is InChI=1S/C23H14ClFN4O/c1-12-8-9-26-22-16(12)10-14(11-17(22)24)21-20(13-2-4-15(25)5-3-13)29-23-18(27-21)6-7-19(30)28-23/h2-11H,1H3,(H,28,29,30). The Hall–Kier alpha value is -3.64. The van der Waals surface area contributed by atoms with E-state index in [9.17, 15) is 9.18 Å². The van der Waals surface area contributed by atoms with Crippen LogP contribution in [0.2, 0.25) is 5.02 Å². The minimum atomic E-state index is -0.349. The van der Waals surface area contributed by atoms with Gasteiger partial charge in [-0.1, -0.05) is 11.6 Å². The van der Waals surface area contributed by atoms with Crippen LogP contribution in [0.25, 0.3) is 44.6 Å². The number of hydrogen-bond acceptors (Lipinski definition) is 4. The fourth-order valence-electron chi connectivity index (χ4n) is 3.46. The van der Waals surface area contributed by atoms with Crippen LogP contribution in [-0.4, -0.2) is 19.9 Å². The van der Waals surface area contributed by atoms with Crippen LogP contribution in [0, 0.1) is 12.7 Å². The first kappa shape index (κ1) is 18.4. The second-order valence-corrected chi connectivity index (χ2v) is 7.37. The Morgan fingerprint density at radius 3 is 2.50 bits per heavy atom. The predicted octanol–water partition coefficient (Wildman–Crippen LogP) is 5.30. The third-order valence-electron chi connectivity index (χ3n) is 4.96. The minimum Gasteiger partial charge on any atom is -0.305 e. The van der Waals surface area contributed by atoms with Crippen LogP contribution in [0.4, 0.5) is 4.39 Å². The number of nitrogens with zero attached hydrogens (tertiary/aromatic N) is 3. The Morgan fingerprint density at radius 1 is 0.933 bits per heavy atom. The molecule has 1 N–H and O–H groups in total. The van der Waals surface area contributed by atoms with Crippen LogP contribution in [0.1, 0.15) is 5.56 Å². The van der Waals surface area contributed by atoms with Crippen LogP contribution in [-0.2, 0) is 0 Å². The molecule has 0 amide bonds. The lowest BCUT2D eigenvalue weighted by Crippen LogP contribution is -2.06. The number of halogens is 2. The van der Waals surface area contributed by atoms with Gasteiger partial charge in [-0.3, -0.25) is 9.78 Å². The zero-order valence-corrected chi connectivity index (χ0v) is 16.5. The maximum Gasteiger partial charge on any atom is 0.249 e. The summed E-state index contributed by atoms with van der Waals surface area (Å²) in [5, 5.41) is 1.41. The van der Waals surface area contributed by atoms with Crippen molar-refractivity contribution in [3.05, 3.63) is 87.6 Å². The van der Waals surface area contributed by atoms with Gasteiger partial charge in [-0.15, -0.1) is 0 Å². The molecule has 5 aromatic rings. The van der Waals surface area contributed by atoms with Crippen molar-refractivity contribution in [1.82, 2.24) is 19.9 Å². The molecule has 0 spiro atoms. The third-order valence-corrected chi connectivity index (χ3v) is 5.25. The second kappa shape index (κ2) is 7.00. The van der Waals surface area contributed by atoms with Crippen LogP contribution in [0.5, 0.6) is 0 Å². The van der Waals surface area contributed by atoms with Crippen molar-refractivity contribution in [3.63, 3.8) is 0 Å². The number of fused-ring (bicyclic) bond motifs is 2. The Morgan fingerprint density at radius 2 is 1.70 bits per heavy atom. The van der Waals surface area contributed by atoms with Gasteiger partial charge in [-0.2, -0.15) is 0 Å². The molecule has 5 nitrogen and oxygen atoms in total. The number of rotatable bonds is 2. The van der Waals surface area contributed by atoms with Gasteiger partial charge in [-0.05, 0) is 61.0 Å². The fourth-order valence-corrected chi connectivity index (χ4v) is 3.73. The lowest BCUT2D eigenvalue weighted by Gasteiger charge is -2.12. The van der Waals surface area contributed by atoms with Gasteiger partial charge >= 0.3 is 0 Å². The Bertz CT molecular complexity index is 1500. The molecule has 0 atom stereocenters. The van der Waals surface area contributed by atoms with E-state index in [1.807, 2.05) is 19.1 Å². The van der Waals surface area contributed by atoms with Crippen molar-refractivity contribution in [1.29, 1.82) is 0 Å². The summed E-state index contributed by atoms with van der Waals surface area (Å²) in [6.07, 6.45) is 1.72. The molecular weight excluding hydrogens is 403 g/mol. The van der Waals surface area contributed by atoms with Gasteiger partial charge in [0.05, 0.1) is 21.9 Å². The number of hydrogen-bond donors (Lipinski definition) is 1. The van der Waals surface area contributed by atoms with E-state index >= 15 is 0 Å². The normalized spacial score (nSPS) is 11.3. The third kappa shape index (κ3) is 3.11. The number of benzene rings is 2. The van der Waals surface area contributed by atoms with Crippen molar-refractivity contribution in [2.75, 3.05) is 0 Å². The molecule has 0 saturated carbocycles. The molecule has 0 unspecified atom stereocenters. The maximum absolute atomic E-state index is 13.5. The van der Waals surface area contributed by atoms with Crippen molar-refractivity contribution < 1.29 is 4.39 Å². The van der Waals surface area contributed by atoms with E-state index < -0.39 is 0 Å². The molecule has 0 aliphatic rings. The van der Waals surface area contributed by atoms with Gasteiger partial charge in [0.2, 0.25) is 5.56 Å². The molecule has 0 bridgehead atoms. The van der Waals surface area contributed by atoms with E-state index in [-0.39, 0.29) is 11.4 Å². The molecule has 30 heavy (non-hydrogen) atoms. The molecule has 5 rings (SSSR count). The molecular formula is C23H14ClFN4O. The Kier molecular flexibility index (Phi) is 4.29. The summed E-state index contributed by atoms with van der Waals surface area (Å²) in [4.78, 5) is 28.2. The summed E-state index contributed by atoms with van der Waals surface area (Å²) >= 11 is 6.53. The van der Waals surface area contributed by atoms with E-state index in [2.05, 4.69) is 15.0 Å². The molecule has 0 aliphatic heterocycles. The summed E-state index contributed by atoms with van der Waals surface area (Å²) in [5.41, 5.74) is 4.88. The van der Waals surface area contributed by atoms with Crippen molar-refractivity contribution in [2.45, 2.75) is 6.92 Å². The number of aryl methyl sites for hydroxylation is 1. The topological polar surface area (TPSA) is 71.5 Å². The lowest BCUT2D eigenvalue weighted by atomic mass is 10.0. The van der Waals surface area contributed by atoms with Crippen LogP contribution in [0.3, 0.4) is 0 Å². The molecule has 146 valence electrons. The first-order valence-electron chi connectivity index (χ1n) is 9.22. The van der Waals surface area contributed by atoms with E-state index in [4.69, 9.17) is 16.6 Å². The van der Waals surface area contributed by atoms with E-state index in [1.54, 1.807) is 30.5 Å². The van der Waals surface area contributed by atoms with Gasteiger partial charge in [0, 0.05) is 28.8 Å². The molecule has 0 radical (unpaired) electrons. The predicted molar refractivity (Wildman–Crippen MR) is 116 cm³/mol. The van der Waals surface area contributed by atoms with Crippen molar-refractivity contribution in [2.24, 2.45) is 0 Å². The highest BCUT2D eigenvalue weighted by Gasteiger charge is 2.16. The Labute approximate surface area is 175 Å². The molecule has 0 fully saturated rings. The quantitative estimate of drug-likeness (QED) is 0.423. The highest BCUT2D eigenvalue weighted by Crippen LogP contribution is 2.35. The lowest BCUT2D eigenvalue weighted by molar-refractivity contribution is 0.628. The van der Waals surface area contributed by atoms with Crippen molar-refractivity contribution in [3.8, 4) is 22.5 Å². The molecule has 3 aromatic heterocycles. The average Bonchev–Trinajstić information content (AvgIpc) is 2.74. The number of aromatic nitrogens is 4. The zero-order chi connectivity index (χ0) is 20.8. The summed E-state index contributed by atoms with van der Waals surface area (Å²) in [6, 6.07) is 14.7. The maximum atomic E-state index is 13.5. The van der Waals surface area contributed by atoms with Crippen molar-refractivity contribution >= 4 is 33.7 Å². The van der Waals surface area contributed by atoms with Gasteiger partial charge in [0.15, 0.2) is 5.65 Å². The number of H-pyrrole nitrogens is 1. The summed E-state index contributed by atoms with van der Waals surface area (Å²) < 4.78 is 13.5. The van der Waals surface area contributed by atoms with E-state index in [1.165, 1.54) is 18.2 Å². The molecule has 7 heteroatoms. The summed E-state index contributed by atoms with van der Waals surface area (Å²) in [5.74, 6) is -0.349. The minimum absolute atomic E-state index is 0.273. The highest BCUT2D eigenvalue weighted by molar-refractivity contribution is 6.35. The van der Waals surface area contributed by atoms with Gasteiger partial charge < -0.3 is 4.98 Å². The van der Waals surface area contributed by atoms with E-state index in [0.717, 1.165) is 16.5 Å². The average molecular weight is 417 g/mol. The van der Waals surface area contributed by atoms with Crippen LogP contribution >= 0.6 is 11.6 Å². The summed E-state index contributed by atoms with van der Waals surface area (Å²) in [7, 11) is 0.